The van der Waals surface area contributed by atoms with Gasteiger partial charge in [-0.3, -0.25) is 20.2 Å². The molecule has 0 heterocycles. The van der Waals surface area contributed by atoms with Crippen LogP contribution in [0, 0.1) is 20.2 Å². The maximum Gasteiger partial charge on any atom is 0.269 e. The average Bonchev–Trinajstić information content (AvgIpc) is 2.89. The molecule has 0 bridgehead atoms. The summed E-state index contributed by atoms with van der Waals surface area (Å²) in [7, 11) is 0. The SMILES string of the molecule is O=[N+]([O-])c1ccc(C2(c3ccc([N+](=O)[O-])cc3)CCCCCC2)cc1. The lowest BCUT2D eigenvalue weighted by Gasteiger charge is -2.34. The first-order chi connectivity index (χ1) is 12.0. The molecular formula is C19H20N2O4. The summed E-state index contributed by atoms with van der Waals surface area (Å²) in [5.74, 6) is 0. The Morgan fingerprint density at radius 3 is 1.32 bits per heavy atom. The molecule has 0 unspecified atom stereocenters. The van der Waals surface area contributed by atoms with Gasteiger partial charge in [-0.2, -0.15) is 0 Å². The van der Waals surface area contributed by atoms with Gasteiger partial charge in [0.2, 0.25) is 0 Å². The van der Waals surface area contributed by atoms with Crippen molar-refractivity contribution in [1.82, 2.24) is 0 Å². The van der Waals surface area contributed by atoms with Crippen molar-refractivity contribution in [2.45, 2.75) is 43.9 Å². The summed E-state index contributed by atoms with van der Waals surface area (Å²) in [5.41, 5.74) is 2.02. The van der Waals surface area contributed by atoms with Crippen molar-refractivity contribution in [2.75, 3.05) is 0 Å². The van der Waals surface area contributed by atoms with Gasteiger partial charge >= 0.3 is 0 Å². The zero-order valence-electron chi connectivity index (χ0n) is 13.9. The lowest BCUT2D eigenvalue weighted by Crippen LogP contribution is -2.27. The molecule has 0 atom stereocenters. The smallest absolute Gasteiger partial charge is 0.258 e. The van der Waals surface area contributed by atoms with Crippen LogP contribution < -0.4 is 0 Å². The molecule has 0 spiro atoms. The van der Waals surface area contributed by atoms with Gasteiger partial charge in [-0.1, -0.05) is 49.9 Å². The van der Waals surface area contributed by atoms with E-state index in [1.165, 1.54) is 12.8 Å². The Balaban J connectivity index is 2.06. The molecular weight excluding hydrogens is 320 g/mol. The first kappa shape index (κ1) is 17.1. The monoisotopic (exact) mass is 340 g/mol. The Hall–Kier alpha value is -2.76. The van der Waals surface area contributed by atoms with Crippen LogP contribution in [0.15, 0.2) is 48.5 Å². The van der Waals surface area contributed by atoms with E-state index in [1.54, 1.807) is 24.3 Å². The van der Waals surface area contributed by atoms with Crippen LogP contribution in [0.3, 0.4) is 0 Å². The fourth-order valence-corrected chi connectivity index (χ4v) is 3.88. The molecule has 25 heavy (non-hydrogen) atoms. The van der Waals surface area contributed by atoms with Crippen molar-refractivity contribution in [1.29, 1.82) is 0 Å². The quantitative estimate of drug-likeness (QED) is 0.438. The molecule has 1 aliphatic rings. The van der Waals surface area contributed by atoms with Gasteiger partial charge < -0.3 is 0 Å². The van der Waals surface area contributed by atoms with Gasteiger partial charge in [0.1, 0.15) is 0 Å². The van der Waals surface area contributed by atoms with E-state index in [0.29, 0.717) is 0 Å². The van der Waals surface area contributed by atoms with Gasteiger partial charge in [0.15, 0.2) is 0 Å². The van der Waals surface area contributed by atoms with E-state index in [1.807, 2.05) is 24.3 Å². The minimum atomic E-state index is -0.393. The molecule has 130 valence electrons. The highest BCUT2D eigenvalue weighted by molar-refractivity contribution is 5.46. The maximum absolute atomic E-state index is 10.9. The van der Waals surface area contributed by atoms with Crippen LogP contribution >= 0.6 is 0 Å². The first-order valence-corrected chi connectivity index (χ1v) is 8.53. The topological polar surface area (TPSA) is 86.3 Å². The molecule has 6 nitrogen and oxygen atoms in total. The standard InChI is InChI=1S/C19H20N2O4/c22-20(23)17-9-5-15(6-10-17)19(13-3-1-2-4-14-19)16-7-11-18(12-8-16)21(24)25/h5-12H,1-4,13-14H2. The molecule has 2 aromatic carbocycles. The second-order valence-corrected chi connectivity index (χ2v) is 6.60. The summed E-state index contributed by atoms with van der Waals surface area (Å²) in [4.78, 5) is 21.1. The fourth-order valence-electron chi connectivity index (χ4n) is 3.88. The number of nitro benzene ring substituents is 2. The normalized spacial score (nSPS) is 16.8. The number of benzene rings is 2. The van der Waals surface area contributed by atoms with Gasteiger partial charge in [0.05, 0.1) is 9.85 Å². The zero-order chi connectivity index (χ0) is 17.9. The molecule has 2 aromatic rings. The van der Waals surface area contributed by atoms with Crippen LogP contribution in [0.4, 0.5) is 11.4 Å². The summed E-state index contributed by atoms with van der Waals surface area (Å²) < 4.78 is 0. The summed E-state index contributed by atoms with van der Waals surface area (Å²) in [6.07, 6.45) is 6.39. The van der Waals surface area contributed by atoms with E-state index in [4.69, 9.17) is 0 Å². The number of non-ortho nitro benzene ring substituents is 2. The predicted octanol–water partition coefficient (Wildman–Crippen LogP) is 5.14. The van der Waals surface area contributed by atoms with E-state index in [2.05, 4.69) is 0 Å². The highest BCUT2D eigenvalue weighted by atomic mass is 16.6. The molecule has 0 amide bonds. The van der Waals surface area contributed by atoms with E-state index in [0.717, 1.165) is 36.8 Å². The van der Waals surface area contributed by atoms with Crippen molar-refractivity contribution >= 4 is 11.4 Å². The van der Waals surface area contributed by atoms with Gasteiger partial charge in [0, 0.05) is 29.7 Å². The summed E-state index contributed by atoms with van der Waals surface area (Å²) in [6.45, 7) is 0. The highest BCUT2D eigenvalue weighted by Crippen LogP contribution is 2.44. The van der Waals surface area contributed by atoms with Crippen LogP contribution in [0.25, 0.3) is 0 Å². The summed E-state index contributed by atoms with van der Waals surface area (Å²) in [5, 5.41) is 21.9. The zero-order valence-corrected chi connectivity index (χ0v) is 13.9. The van der Waals surface area contributed by atoms with Gasteiger partial charge in [-0.05, 0) is 24.0 Å². The third kappa shape index (κ3) is 3.38. The summed E-state index contributed by atoms with van der Waals surface area (Å²) >= 11 is 0. The van der Waals surface area contributed by atoms with E-state index < -0.39 is 9.85 Å². The molecule has 0 saturated heterocycles. The minimum absolute atomic E-state index is 0.0798. The lowest BCUT2D eigenvalue weighted by atomic mass is 9.69. The number of hydrogen-bond acceptors (Lipinski definition) is 4. The highest BCUT2D eigenvalue weighted by Gasteiger charge is 2.35. The number of nitrogens with zero attached hydrogens (tertiary/aromatic N) is 2. The fraction of sp³-hybridized carbons (Fsp3) is 0.368. The van der Waals surface area contributed by atoms with E-state index in [-0.39, 0.29) is 16.8 Å². The third-order valence-corrected chi connectivity index (χ3v) is 5.22. The van der Waals surface area contributed by atoms with Crippen LogP contribution in [-0.2, 0) is 5.41 Å². The van der Waals surface area contributed by atoms with Crippen molar-refractivity contribution in [3.05, 3.63) is 79.9 Å². The Morgan fingerprint density at radius 2 is 1.00 bits per heavy atom. The van der Waals surface area contributed by atoms with Gasteiger partial charge in [-0.15, -0.1) is 0 Å². The van der Waals surface area contributed by atoms with E-state index in [9.17, 15) is 20.2 Å². The lowest BCUT2D eigenvalue weighted by molar-refractivity contribution is -0.385. The van der Waals surface area contributed by atoms with Crippen LogP contribution in [0.1, 0.15) is 49.7 Å². The average molecular weight is 340 g/mol. The number of rotatable bonds is 4. The Bertz CT molecular complexity index is 702. The van der Waals surface area contributed by atoms with Crippen molar-refractivity contribution in [2.24, 2.45) is 0 Å². The maximum atomic E-state index is 10.9. The molecule has 0 N–H and O–H groups in total. The number of nitro groups is 2. The van der Waals surface area contributed by atoms with E-state index >= 15 is 0 Å². The molecule has 1 fully saturated rings. The first-order valence-electron chi connectivity index (χ1n) is 8.53. The predicted molar refractivity (Wildman–Crippen MR) is 94.7 cm³/mol. The molecule has 1 aliphatic carbocycles. The Labute approximate surface area is 145 Å². The largest absolute Gasteiger partial charge is 0.269 e. The Kier molecular flexibility index (Phi) is 4.79. The second-order valence-electron chi connectivity index (χ2n) is 6.60. The molecule has 1 saturated carbocycles. The minimum Gasteiger partial charge on any atom is -0.258 e. The number of hydrogen-bond donors (Lipinski definition) is 0. The van der Waals surface area contributed by atoms with Crippen LogP contribution in [0.5, 0.6) is 0 Å². The van der Waals surface area contributed by atoms with Crippen LogP contribution in [0.2, 0.25) is 0 Å². The van der Waals surface area contributed by atoms with Crippen molar-refractivity contribution in [3.8, 4) is 0 Å². The molecule has 6 heteroatoms. The Morgan fingerprint density at radius 1 is 0.640 bits per heavy atom. The second kappa shape index (κ2) is 7.01. The third-order valence-electron chi connectivity index (χ3n) is 5.22. The molecule has 0 aliphatic heterocycles. The van der Waals surface area contributed by atoms with Gasteiger partial charge in [0.25, 0.3) is 11.4 Å². The summed E-state index contributed by atoms with van der Waals surface area (Å²) in [6, 6.07) is 13.5. The van der Waals surface area contributed by atoms with Gasteiger partial charge in [-0.25, -0.2) is 0 Å². The molecule has 0 aromatic heterocycles. The van der Waals surface area contributed by atoms with Crippen molar-refractivity contribution < 1.29 is 9.85 Å². The molecule has 0 radical (unpaired) electrons. The molecule has 3 rings (SSSR count). The van der Waals surface area contributed by atoms with Crippen LogP contribution in [-0.4, -0.2) is 9.85 Å². The van der Waals surface area contributed by atoms with Crippen molar-refractivity contribution in [3.63, 3.8) is 0 Å².